The lowest BCUT2D eigenvalue weighted by molar-refractivity contribution is 0.357. The van der Waals surface area contributed by atoms with Gasteiger partial charge in [0.2, 0.25) is 0 Å². The van der Waals surface area contributed by atoms with E-state index in [1.165, 1.54) is 0 Å². The van der Waals surface area contributed by atoms with E-state index < -0.39 is 0 Å². The molecule has 1 heterocycles. The Hall–Kier alpha value is -1.28. The summed E-state index contributed by atoms with van der Waals surface area (Å²) in [7, 11) is 0. The van der Waals surface area contributed by atoms with Crippen LogP contribution in [-0.2, 0) is 5.54 Å². The third-order valence-corrected chi connectivity index (χ3v) is 2.64. The van der Waals surface area contributed by atoms with Gasteiger partial charge in [-0.05, 0) is 20.8 Å². The Morgan fingerprint density at radius 2 is 1.75 bits per heavy atom. The van der Waals surface area contributed by atoms with Crippen molar-refractivity contribution in [2.75, 3.05) is 0 Å². The molecule has 0 unspecified atom stereocenters. The van der Waals surface area contributed by atoms with Crippen molar-refractivity contribution in [2.24, 2.45) is 0 Å². The van der Waals surface area contributed by atoms with Crippen molar-refractivity contribution in [2.45, 2.75) is 26.3 Å². The van der Waals surface area contributed by atoms with Gasteiger partial charge in [-0.2, -0.15) is 5.10 Å². The molecule has 84 valence electrons. The van der Waals surface area contributed by atoms with Crippen LogP contribution in [0.3, 0.4) is 0 Å². The fourth-order valence-electron chi connectivity index (χ4n) is 1.58. The van der Waals surface area contributed by atoms with Crippen molar-refractivity contribution < 1.29 is 0 Å². The molecule has 0 fully saturated rings. The third kappa shape index (κ3) is 2.12. The Bertz CT molecular complexity index is 480. The molecular formula is C13H15ClN2. The van der Waals surface area contributed by atoms with Crippen molar-refractivity contribution in [3.8, 4) is 11.3 Å². The molecule has 0 amide bonds. The van der Waals surface area contributed by atoms with Gasteiger partial charge in [-0.15, -0.1) is 0 Å². The van der Waals surface area contributed by atoms with E-state index in [2.05, 4.69) is 25.9 Å². The monoisotopic (exact) mass is 234 g/mol. The molecule has 0 aliphatic heterocycles. The fraction of sp³-hybridized carbons (Fsp3) is 0.308. The lowest BCUT2D eigenvalue weighted by atomic mass is 10.1. The van der Waals surface area contributed by atoms with Crippen LogP contribution in [0.4, 0.5) is 0 Å². The Morgan fingerprint density at radius 1 is 1.12 bits per heavy atom. The van der Waals surface area contributed by atoms with Crippen molar-refractivity contribution in [1.29, 1.82) is 0 Å². The highest BCUT2D eigenvalue weighted by atomic mass is 35.5. The molecule has 16 heavy (non-hydrogen) atoms. The Kier molecular flexibility index (Phi) is 2.76. The molecule has 2 aromatic rings. The summed E-state index contributed by atoms with van der Waals surface area (Å²) < 4.78 is 1.84. The minimum Gasteiger partial charge on any atom is -0.248 e. The molecule has 0 saturated heterocycles. The van der Waals surface area contributed by atoms with Crippen LogP contribution in [0.2, 0.25) is 5.15 Å². The van der Waals surface area contributed by atoms with E-state index in [4.69, 9.17) is 11.6 Å². The minimum absolute atomic E-state index is 0.0931. The van der Waals surface area contributed by atoms with Crippen LogP contribution in [0, 0.1) is 0 Å². The van der Waals surface area contributed by atoms with Crippen LogP contribution in [-0.4, -0.2) is 9.78 Å². The maximum atomic E-state index is 6.18. The quantitative estimate of drug-likeness (QED) is 0.730. The zero-order valence-electron chi connectivity index (χ0n) is 9.74. The molecule has 0 atom stereocenters. The molecule has 0 N–H and O–H groups in total. The predicted octanol–water partition coefficient (Wildman–Crippen LogP) is 3.96. The van der Waals surface area contributed by atoms with Gasteiger partial charge < -0.3 is 0 Å². The molecule has 0 aliphatic rings. The molecule has 0 aliphatic carbocycles. The summed E-state index contributed by atoms with van der Waals surface area (Å²) in [6, 6.07) is 12.0. The average molecular weight is 235 g/mol. The molecule has 0 saturated carbocycles. The van der Waals surface area contributed by atoms with Crippen LogP contribution in [0.15, 0.2) is 36.4 Å². The highest BCUT2D eigenvalue weighted by Gasteiger charge is 2.18. The summed E-state index contributed by atoms with van der Waals surface area (Å²) in [5.41, 5.74) is 1.91. The van der Waals surface area contributed by atoms with Gasteiger partial charge in [0.15, 0.2) is 0 Å². The number of halogens is 1. The summed E-state index contributed by atoms with van der Waals surface area (Å²) >= 11 is 6.18. The smallest absolute Gasteiger partial charge is 0.128 e. The number of nitrogens with zero attached hydrogens (tertiary/aromatic N) is 2. The van der Waals surface area contributed by atoms with E-state index >= 15 is 0 Å². The van der Waals surface area contributed by atoms with E-state index in [1.807, 2.05) is 41.1 Å². The molecule has 0 spiro atoms. The van der Waals surface area contributed by atoms with Gasteiger partial charge in [-0.3, -0.25) is 0 Å². The summed E-state index contributed by atoms with van der Waals surface area (Å²) in [6.07, 6.45) is 0. The first kappa shape index (κ1) is 11.2. The van der Waals surface area contributed by atoms with Gasteiger partial charge in [0.05, 0.1) is 11.2 Å². The first-order valence-electron chi connectivity index (χ1n) is 5.30. The van der Waals surface area contributed by atoms with Crippen LogP contribution < -0.4 is 0 Å². The number of aromatic nitrogens is 2. The van der Waals surface area contributed by atoms with E-state index in [9.17, 15) is 0 Å². The number of hydrogen-bond acceptors (Lipinski definition) is 1. The highest BCUT2D eigenvalue weighted by molar-refractivity contribution is 6.29. The van der Waals surface area contributed by atoms with Crippen LogP contribution in [0.25, 0.3) is 11.3 Å². The predicted molar refractivity (Wildman–Crippen MR) is 67.7 cm³/mol. The molecule has 2 nitrogen and oxygen atoms in total. The Labute approximate surface area is 101 Å². The number of benzene rings is 1. The zero-order chi connectivity index (χ0) is 11.8. The first-order valence-corrected chi connectivity index (χ1v) is 5.68. The molecule has 2 rings (SSSR count). The number of rotatable bonds is 1. The highest BCUT2D eigenvalue weighted by Crippen LogP contribution is 2.26. The Balaban J connectivity index is 2.47. The van der Waals surface area contributed by atoms with Crippen molar-refractivity contribution >= 4 is 11.6 Å². The SMILES string of the molecule is CC(C)(C)n1nc(-c2ccccc2)cc1Cl. The topological polar surface area (TPSA) is 17.8 Å². The molecule has 0 radical (unpaired) electrons. The largest absolute Gasteiger partial charge is 0.248 e. The van der Waals surface area contributed by atoms with Crippen molar-refractivity contribution in [3.63, 3.8) is 0 Å². The van der Waals surface area contributed by atoms with Crippen LogP contribution in [0.5, 0.6) is 0 Å². The van der Waals surface area contributed by atoms with Gasteiger partial charge >= 0.3 is 0 Å². The summed E-state index contributed by atoms with van der Waals surface area (Å²) in [4.78, 5) is 0. The van der Waals surface area contributed by atoms with E-state index in [-0.39, 0.29) is 5.54 Å². The van der Waals surface area contributed by atoms with Gasteiger partial charge in [0.1, 0.15) is 5.15 Å². The van der Waals surface area contributed by atoms with Gasteiger partial charge in [-0.25, -0.2) is 4.68 Å². The van der Waals surface area contributed by atoms with E-state index in [1.54, 1.807) is 0 Å². The van der Waals surface area contributed by atoms with Gasteiger partial charge in [0, 0.05) is 11.6 Å². The Morgan fingerprint density at radius 3 is 2.25 bits per heavy atom. The van der Waals surface area contributed by atoms with E-state index in [0.29, 0.717) is 5.15 Å². The van der Waals surface area contributed by atoms with Crippen LogP contribution in [0.1, 0.15) is 20.8 Å². The zero-order valence-corrected chi connectivity index (χ0v) is 10.5. The van der Waals surface area contributed by atoms with Crippen molar-refractivity contribution in [1.82, 2.24) is 9.78 Å². The molecule has 1 aromatic heterocycles. The average Bonchev–Trinajstić information content (AvgIpc) is 2.61. The normalized spacial score (nSPS) is 11.8. The van der Waals surface area contributed by atoms with Gasteiger partial charge in [0.25, 0.3) is 0 Å². The first-order chi connectivity index (χ1) is 7.48. The second-order valence-electron chi connectivity index (χ2n) is 4.80. The van der Waals surface area contributed by atoms with Crippen molar-refractivity contribution in [3.05, 3.63) is 41.6 Å². The maximum Gasteiger partial charge on any atom is 0.128 e. The molecular weight excluding hydrogens is 220 g/mol. The summed E-state index contributed by atoms with van der Waals surface area (Å²) in [5, 5.41) is 5.21. The minimum atomic E-state index is -0.0931. The summed E-state index contributed by atoms with van der Waals surface area (Å²) in [6.45, 7) is 6.25. The third-order valence-electron chi connectivity index (χ3n) is 2.37. The fourth-order valence-corrected chi connectivity index (χ4v) is 1.97. The maximum absolute atomic E-state index is 6.18. The number of hydrogen-bond donors (Lipinski definition) is 0. The lowest BCUT2D eigenvalue weighted by Gasteiger charge is -2.20. The second-order valence-corrected chi connectivity index (χ2v) is 5.19. The second kappa shape index (κ2) is 3.95. The molecule has 1 aromatic carbocycles. The van der Waals surface area contributed by atoms with Crippen LogP contribution >= 0.6 is 11.6 Å². The van der Waals surface area contributed by atoms with E-state index in [0.717, 1.165) is 11.3 Å². The summed E-state index contributed by atoms with van der Waals surface area (Å²) in [5.74, 6) is 0. The molecule has 3 heteroatoms. The van der Waals surface area contributed by atoms with Gasteiger partial charge in [-0.1, -0.05) is 41.9 Å². The standard InChI is InChI=1S/C13H15ClN2/c1-13(2,3)16-12(14)9-11(15-16)10-7-5-4-6-8-10/h4-9H,1-3H3. The molecule has 0 bridgehead atoms. The lowest BCUT2D eigenvalue weighted by Crippen LogP contribution is -2.23.